The van der Waals surface area contributed by atoms with Gasteiger partial charge in [-0.05, 0) is 6.42 Å². The molecule has 0 radical (unpaired) electrons. The number of hydrogen-bond acceptors (Lipinski definition) is 7. The average Bonchev–Trinajstić information content (AvgIpc) is 2.96. The van der Waals surface area contributed by atoms with Crippen molar-refractivity contribution in [1.82, 2.24) is 24.8 Å². The number of hydrogen-bond donors (Lipinski definition) is 4. The molecule has 9 heteroatoms. The van der Waals surface area contributed by atoms with Crippen molar-refractivity contribution < 1.29 is 15.0 Å². The predicted octanol–water partition coefficient (Wildman–Crippen LogP) is -1.42. The third-order valence-corrected chi connectivity index (χ3v) is 3.78. The van der Waals surface area contributed by atoms with Gasteiger partial charge in [-0.25, -0.2) is 15.0 Å². The fourth-order valence-corrected chi connectivity index (χ4v) is 2.80. The molecule has 1 aliphatic carbocycles. The van der Waals surface area contributed by atoms with Crippen molar-refractivity contribution in [1.29, 1.82) is 0 Å². The fraction of sp³-hybridized carbons (Fsp3) is 0.500. The topological polar surface area (TPSA) is 139 Å². The number of rotatable bonds is 2. The number of aliphatic hydroxyl groups excluding tert-OH is 2. The molecule has 1 fully saturated rings. The Hall–Kier alpha value is -2.26. The number of nitrogen functional groups attached to an aromatic ring is 1. The van der Waals surface area contributed by atoms with E-state index in [1.807, 2.05) is 0 Å². The average molecular weight is 292 g/mol. The largest absolute Gasteiger partial charge is 0.388 e. The van der Waals surface area contributed by atoms with Crippen LogP contribution in [0.3, 0.4) is 0 Å². The first-order valence-electron chi connectivity index (χ1n) is 6.55. The summed E-state index contributed by atoms with van der Waals surface area (Å²) in [7, 11) is 0. The van der Waals surface area contributed by atoms with E-state index in [1.165, 1.54) is 19.6 Å². The van der Waals surface area contributed by atoms with Gasteiger partial charge in [0.05, 0.1) is 18.4 Å². The van der Waals surface area contributed by atoms with Crippen molar-refractivity contribution in [2.45, 2.75) is 37.6 Å². The Morgan fingerprint density at radius 1 is 1.38 bits per heavy atom. The number of nitrogens with zero attached hydrogens (tertiary/aromatic N) is 4. The van der Waals surface area contributed by atoms with E-state index in [9.17, 15) is 15.0 Å². The Morgan fingerprint density at radius 3 is 2.86 bits per heavy atom. The number of carbonyl (C=O) groups is 1. The maximum atomic E-state index is 11.1. The van der Waals surface area contributed by atoms with E-state index in [0.717, 1.165) is 0 Å². The third-order valence-electron chi connectivity index (χ3n) is 3.78. The molecule has 2 heterocycles. The number of aliphatic hydroxyl groups is 2. The van der Waals surface area contributed by atoms with Crippen molar-refractivity contribution in [3.8, 4) is 0 Å². The minimum Gasteiger partial charge on any atom is -0.388 e. The van der Waals surface area contributed by atoms with Gasteiger partial charge < -0.3 is 25.8 Å². The van der Waals surface area contributed by atoms with Crippen LogP contribution in [0.4, 0.5) is 5.82 Å². The zero-order valence-corrected chi connectivity index (χ0v) is 11.3. The second kappa shape index (κ2) is 4.93. The maximum absolute atomic E-state index is 11.1. The van der Waals surface area contributed by atoms with E-state index in [4.69, 9.17) is 5.73 Å². The molecule has 2 aromatic heterocycles. The fourth-order valence-electron chi connectivity index (χ4n) is 2.80. The molecule has 112 valence electrons. The lowest BCUT2D eigenvalue weighted by atomic mass is 10.2. The second-order valence-corrected chi connectivity index (χ2v) is 5.17. The Bertz CT molecular complexity index is 687. The molecule has 2 aromatic rings. The highest BCUT2D eigenvalue weighted by molar-refractivity contribution is 5.81. The van der Waals surface area contributed by atoms with Gasteiger partial charge in [0.2, 0.25) is 5.91 Å². The van der Waals surface area contributed by atoms with Gasteiger partial charge in [0.1, 0.15) is 24.1 Å². The molecule has 0 aliphatic heterocycles. The molecule has 1 saturated carbocycles. The molecule has 1 amide bonds. The highest BCUT2D eigenvalue weighted by Gasteiger charge is 2.43. The predicted molar refractivity (Wildman–Crippen MR) is 73.0 cm³/mol. The van der Waals surface area contributed by atoms with E-state index in [-0.39, 0.29) is 11.7 Å². The summed E-state index contributed by atoms with van der Waals surface area (Å²) >= 11 is 0. The van der Waals surface area contributed by atoms with Gasteiger partial charge in [0.15, 0.2) is 11.5 Å². The number of aromatic nitrogens is 4. The first-order chi connectivity index (χ1) is 9.99. The summed E-state index contributed by atoms with van der Waals surface area (Å²) in [5.41, 5.74) is 6.66. The van der Waals surface area contributed by atoms with Crippen molar-refractivity contribution in [2.24, 2.45) is 0 Å². The van der Waals surface area contributed by atoms with E-state index >= 15 is 0 Å². The van der Waals surface area contributed by atoms with Gasteiger partial charge in [0.25, 0.3) is 0 Å². The van der Waals surface area contributed by atoms with Crippen molar-refractivity contribution in [3.05, 3.63) is 12.7 Å². The molecular weight excluding hydrogens is 276 g/mol. The standard InChI is InChI=1S/C12H16N6O3/c1-5(19)17-6-2-7(10(21)9(6)20)18-4-16-8-11(13)14-3-15-12(8)18/h3-4,6-7,9-10,20-21H,2H2,1H3,(H,17,19)(H2,13,14,15)/t6-,7+,9+,10-/m0/s1. The van der Waals surface area contributed by atoms with Gasteiger partial charge in [-0.3, -0.25) is 4.79 Å². The number of carbonyl (C=O) groups excluding carboxylic acids is 1. The van der Waals surface area contributed by atoms with Gasteiger partial charge in [-0.2, -0.15) is 0 Å². The van der Waals surface area contributed by atoms with E-state index in [2.05, 4.69) is 20.3 Å². The molecule has 5 N–H and O–H groups in total. The van der Waals surface area contributed by atoms with Crippen molar-refractivity contribution in [3.63, 3.8) is 0 Å². The minimum atomic E-state index is -1.05. The van der Waals surface area contributed by atoms with Crippen molar-refractivity contribution >= 4 is 22.9 Å². The molecule has 0 bridgehead atoms. The molecule has 9 nitrogen and oxygen atoms in total. The molecule has 3 rings (SSSR count). The SMILES string of the molecule is CC(=O)N[C@H]1C[C@@H](n2cnc3c(N)ncnc32)[C@H](O)[C@@H]1O. The zero-order chi connectivity index (χ0) is 15.1. The van der Waals surface area contributed by atoms with E-state index in [1.54, 1.807) is 4.57 Å². The Morgan fingerprint density at radius 2 is 2.14 bits per heavy atom. The number of fused-ring (bicyclic) bond motifs is 1. The number of nitrogens with two attached hydrogens (primary N) is 1. The molecule has 0 saturated heterocycles. The molecule has 0 spiro atoms. The molecular formula is C12H16N6O3. The number of nitrogens with one attached hydrogen (secondary N) is 1. The molecule has 1 aliphatic rings. The monoisotopic (exact) mass is 292 g/mol. The van der Waals surface area contributed by atoms with Crippen molar-refractivity contribution in [2.75, 3.05) is 5.73 Å². The molecule has 21 heavy (non-hydrogen) atoms. The number of anilines is 1. The maximum Gasteiger partial charge on any atom is 0.217 e. The summed E-state index contributed by atoms with van der Waals surface area (Å²) in [6.45, 7) is 1.37. The van der Waals surface area contributed by atoms with Crippen LogP contribution in [0.2, 0.25) is 0 Å². The molecule has 0 aromatic carbocycles. The molecule has 4 atom stereocenters. The first kappa shape index (κ1) is 13.7. The summed E-state index contributed by atoms with van der Waals surface area (Å²) in [6.07, 6.45) is 1.12. The Balaban J connectivity index is 1.96. The summed E-state index contributed by atoms with van der Waals surface area (Å²) in [4.78, 5) is 23.3. The van der Waals surface area contributed by atoms with E-state index < -0.39 is 24.3 Å². The van der Waals surface area contributed by atoms with Crippen LogP contribution < -0.4 is 11.1 Å². The highest BCUT2D eigenvalue weighted by atomic mass is 16.3. The van der Waals surface area contributed by atoms with Gasteiger partial charge in [0, 0.05) is 6.92 Å². The van der Waals surface area contributed by atoms with Crippen LogP contribution in [-0.4, -0.2) is 53.9 Å². The van der Waals surface area contributed by atoms with Crippen LogP contribution in [0.5, 0.6) is 0 Å². The van der Waals surface area contributed by atoms with Gasteiger partial charge >= 0.3 is 0 Å². The summed E-state index contributed by atoms with van der Waals surface area (Å²) in [6, 6.07) is -0.963. The summed E-state index contributed by atoms with van der Waals surface area (Å²) in [5, 5.41) is 22.9. The summed E-state index contributed by atoms with van der Waals surface area (Å²) in [5.74, 6) is -0.000783. The Labute approximate surface area is 119 Å². The van der Waals surface area contributed by atoms with Gasteiger partial charge in [-0.1, -0.05) is 0 Å². The molecule has 0 unspecified atom stereocenters. The van der Waals surface area contributed by atoms with Crippen LogP contribution in [-0.2, 0) is 4.79 Å². The number of imidazole rings is 1. The van der Waals surface area contributed by atoms with Crippen LogP contribution in [0, 0.1) is 0 Å². The smallest absolute Gasteiger partial charge is 0.217 e. The lowest BCUT2D eigenvalue weighted by molar-refractivity contribution is -0.120. The number of amides is 1. The van der Waals surface area contributed by atoms with Crippen LogP contribution >= 0.6 is 0 Å². The minimum absolute atomic E-state index is 0.255. The van der Waals surface area contributed by atoms with Crippen LogP contribution in [0.15, 0.2) is 12.7 Å². The highest BCUT2D eigenvalue weighted by Crippen LogP contribution is 2.33. The lowest BCUT2D eigenvalue weighted by Crippen LogP contribution is -2.42. The van der Waals surface area contributed by atoms with Crippen LogP contribution in [0.25, 0.3) is 11.2 Å². The zero-order valence-electron chi connectivity index (χ0n) is 11.3. The second-order valence-electron chi connectivity index (χ2n) is 5.17. The lowest BCUT2D eigenvalue weighted by Gasteiger charge is -2.18. The van der Waals surface area contributed by atoms with E-state index in [0.29, 0.717) is 17.6 Å². The van der Waals surface area contributed by atoms with Crippen LogP contribution in [0.1, 0.15) is 19.4 Å². The third kappa shape index (κ3) is 2.20. The van der Waals surface area contributed by atoms with Gasteiger partial charge in [-0.15, -0.1) is 0 Å². The quantitative estimate of drug-likeness (QED) is 0.532. The summed E-state index contributed by atoms with van der Waals surface area (Å²) < 4.78 is 1.66. The Kier molecular flexibility index (Phi) is 3.22. The first-order valence-corrected chi connectivity index (χ1v) is 6.55. The normalized spacial score (nSPS) is 28.9.